The lowest BCUT2D eigenvalue weighted by molar-refractivity contribution is -0.117. The lowest BCUT2D eigenvalue weighted by Gasteiger charge is -2.31. The fourth-order valence-electron chi connectivity index (χ4n) is 3.82. The van der Waals surface area contributed by atoms with Crippen molar-refractivity contribution in [2.24, 2.45) is 0 Å². The molecule has 180 valence electrons. The fourth-order valence-corrected chi connectivity index (χ4v) is 4.87. The first kappa shape index (κ1) is 24.4. The molecule has 0 aromatic heterocycles. The topological polar surface area (TPSA) is 75.7 Å². The third-order valence-electron chi connectivity index (χ3n) is 5.48. The molecule has 1 heterocycles. The summed E-state index contributed by atoms with van der Waals surface area (Å²) in [6.07, 6.45) is 0.191. The summed E-state index contributed by atoms with van der Waals surface area (Å²) in [6, 6.07) is 13.6. The van der Waals surface area contributed by atoms with Crippen LogP contribution < -0.4 is 10.2 Å². The number of amides is 2. The number of esters is 1. The molecule has 0 saturated carbocycles. The standard InChI is InChI=1S/C26H22F2N2O4S/c1-3-20(24(31)29-19-11-10-16(27)14-18(19)28)30-21-13-15(26(33)34-4-2)9-12-23(21)35-22-8-6-5-7-17(22)25(30)32/h5-14,20H,3-4H2,1-2H3,(H,29,31). The molecule has 0 bridgehead atoms. The summed E-state index contributed by atoms with van der Waals surface area (Å²) >= 11 is 1.34. The molecule has 2 amide bonds. The molecule has 3 aromatic rings. The highest BCUT2D eigenvalue weighted by Crippen LogP contribution is 2.43. The molecule has 0 saturated heterocycles. The van der Waals surface area contributed by atoms with Crippen molar-refractivity contribution in [3.8, 4) is 0 Å². The van der Waals surface area contributed by atoms with Crippen molar-refractivity contribution in [2.75, 3.05) is 16.8 Å². The number of anilines is 2. The van der Waals surface area contributed by atoms with Gasteiger partial charge in [0.25, 0.3) is 5.91 Å². The van der Waals surface area contributed by atoms with Crippen molar-refractivity contribution in [3.63, 3.8) is 0 Å². The van der Waals surface area contributed by atoms with Gasteiger partial charge < -0.3 is 10.1 Å². The minimum atomic E-state index is -1.05. The van der Waals surface area contributed by atoms with Crippen LogP contribution in [0.5, 0.6) is 0 Å². The predicted octanol–water partition coefficient (Wildman–Crippen LogP) is 5.67. The van der Waals surface area contributed by atoms with Gasteiger partial charge in [0, 0.05) is 15.9 Å². The van der Waals surface area contributed by atoms with Crippen LogP contribution in [0.15, 0.2) is 70.5 Å². The van der Waals surface area contributed by atoms with Crippen LogP contribution in [-0.2, 0) is 9.53 Å². The van der Waals surface area contributed by atoms with E-state index in [2.05, 4.69) is 5.32 Å². The van der Waals surface area contributed by atoms with Gasteiger partial charge in [-0.3, -0.25) is 14.5 Å². The van der Waals surface area contributed by atoms with Gasteiger partial charge in [0.1, 0.15) is 17.7 Å². The number of ether oxygens (including phenoxy) is 1. The quantitative estimate of drug-likeness (QED) is 0.445. The van der Waals surface area contributed by atoms with E-state index in [9.17, 15) is 23.2 Å². The Morgan fingerprint density at radius 1 is 1.03 bits per heavy atom. The van der Waals surface area contributed by atoms with Crippen molar-refractivity contribution >= 4 is 40.9 Å². The van der Waals surface area contributed by atoms with E-state index < -0.39 is 35.5 Å². The number of hydrogen-bond acceptors (Lipinski definition) is 5. The number of rotatable bonds is 6. The smallest absolute Gasteiger partial charge is 0.338 e. The Hall–Kier alpha value is -3.72. The van der Waals surface area contributed by atoms with Gasteiger partial charge in [-0.2, -0.15) is 0 Å². The van der Waals surface area contributed by atoms with E-state index in [0.717, 1.165) is 12.1 Å². The second-order valence-electron chi connectivity index (χ2n) is 7.71. The van der Waals surface area contributed by atoms with Crippen molar-refractivity contribution in [3.05, 3.63) is 83.4 Å². The first-order valence-corrected chi connectivity index (χ1v) is 11.8. The van der Waals surface area contributed by atoms with Crippen LogP contribution in [0.2, 0.25) is 0 Å². The highest BCUT2D eigenvalue weighted by Gasteiger charge is 2.36. The summed E-state index contributed by atoms with van der Waals surface area (Å²) in [6.45, 7) is 3.59. The molecule has 4 rings (SSSR count). The Morgan fingerprint density at radius 3 is 2.51 bits per heavy atom. The normalized spacial score (nSPS) is 13.4. The van der Waals surface area contributed by atoms with Gasteiger partial charge in [-0.1, -0.05) is 30.8 Å². The molecular weight excluding hydrogens is 474 g/mol. The summed E-state index contributed by atoms with van der Waals surface area (Å²) in [5.74, 6) is -3.34. The van der Waals surface area contributed by atoms with Gasteiger partial charge in [-0.05, 0) is 55.8 Å². The van der Waals surface area contributed by atoms with Crippen molar-refractivity contribution in [2.45, 2.75) is 36.1 Å². The maximum Gasteiger partial charge on any atom is 0.338 e. The van der Waals surface area contributed by atoms with E-state index in [0.29, 0.717) is 27.1 Å². The van der Waals surface area contributed by atoms with Crippen LogP contribution in [0.3, 0.4) is 0 Å². The lowest BCUT2D eigenvalue weighted by Crippen LogP contribution is -2.47. The van der Waals surface area contributed by atoms with E-state index in [-0.39, 0.29) is 24.3 Å². The summed E-state index contributed by atoms with van der Waals surface area (Å²) in [4.78, 5) is 42.2. The number of nitrogens with one attached hydrogen (secondary N) is 1. The first-order valence-electron chi connectivity index (χ1n) is 11.0. The van der Waals surface area contributed by atoms with Gasteiger partial charge in [-0.25, -0.2) is 13.6 Å². The molecule has 35 heavy (non-hydrogen) atoms. The monoisotopic (exact) mass is 496 g/mol. The summed E-state index contributed by atoms with van der Waals surface area (Å²) < 4.78 is 32.6. The molecule has 1 aliphatic heterocycles. The second kappa shape index (κ2) is 10.3. The maximum absolute atomic E-state index is 14.2. The minimum absolute atomic E-state index is 0.183. The highest BCUT2D eigenvalue weighted by molar-refractivity contribution is 7.99. The Bertz CT molecular complexity index is 1310. The third-order valence-corrected chi connectivity index (χ3v) is 6.62. The van der Waals surface area contributed by atoms with Gasteiger partial charge in [0.05, 0.1) is 29.1 Å². The highest BCUT2D eigenvalue weighted by atomic mass is 32.2. The molecular formula is C26H22F2N2O4S. The summed E-state index contributed by atoms with van der Waals surface area (Å²) in [7, 11) is 0. The Kier molecular flexibility index (Phi) is 7.16. The van der Waals surface area contributed by atoms with E-state index >= 15 is 0 Å². The third kappa shape index (κ3) is 4.90. The number of hydrogen-bond donors (Lipinski definition) is 1. The molecule has 9 heteroatoms. The summed E-state index contributed by atoms with van der Waals surface area (Å²) in [5, 5.41) is 2.47. The molecule has 0 radical (unpaired) electrons. The second-order valence-corrected chi connectivity index (χ2v) is 8.80. The molecule has 1 atom stereocenters. The lowest BCUT2D eigenvalue weighted by atomic mass is 10.1. The molecule has 3 aromatic carbocycles. The van der Waals surface area contributed by atoms with Crippen molar-refractivity contribution in [1.29, 1.82) is 0 Å². The van der Waals surface area contributed by atoms with Gasteiger partial charge in [-0.15, -0.1) is 0 Å². The van der Waals surface area contributed by atoms with Crippen LogP contribution in [0.25, 0.3) is 0 Å². The molecule has 0 fully saturated rings. The van der Waals surface area contributed by atoms with E-state index in [1.807, 2.05) is 6.07 Å². The van der Waals surface area contributed by atoms with Crippen LogP contribution in [0.1, 0.15) is 41.0 Å². The van der Waals surface area contributed by atoms with Crippen LogP contribution in [-0.4, -0.2) is 30.4 Å². The van der Waals surface area contributed by atoms with Crippen LogP contribution in [0, 0.1) is 11.6 Å². The van der Waals surface area contributed by atoms with Crippen molar-refractivity contribution < 1.29 is 27.9 Å². The Morgan fingerprint density at radius 2 is 1.80 bits per heavy atom. The van der Waals surface area contributed by atoms with E-state index in [1.165, 1.54) is 22.7 Å². The van der Waals surface area contributed by atoms with Crippen LogP contribution >= 0.6 is 11.8 Å². The average Bonchev–Trinajstić information content (AvgIpc) is 2.96. The van der Waals surface area contributed by atoms with Gasteiger partial charge in [0.15, 0.2) is 0 Å². The Balaban J connectivity index is 1.81. The number of carbonyl (C=O) groups is 3. The summed E-state index contributed by atoms with van der Waals surface area (Å²) in [5.41, 5.74) is 0.788. The average molecular weight is 497 g/mol. The zero-order valence-corrected chi connectivity index (χ0v) is 19.8. The predicted molar refractivity (Wildman–Crippen MR) is 129 cm³/mol. The zero-order valence-electron chi connectivity index (χ0n) is 19.0. The number of carbonyl (C=O) groups excluding carboxylic acids is 3. The van der Waals surface area contributed by atoms with Gasteiger partial charge in [0.2, 0.25) is 5.91 Å². The maximum atomic E-state index is 14.2. The number of nitrogens with zero attached hydrogens (tertiary/aromatic N) is 1. The number of halogens is 2. The molecule has 1 aliphatic rings. The fraction of sp³-hybridized carbons (Fsp3) is 0.192. The first-order chi connectivity index (χ1) is 16.8. The molecule has 0 aliphatic carbocycles. The Labute approximate surface area is 205 Å². The zero-order chi connectivity index (χ0) is 25.1. The number of fused-ring (bicyclic) bond motifs is 2. The van der Waals surface area contributed by atoms with Crippen molar-refractivity contribution in [1.82, 2.24) is 0 Å². The largest absolute Gasteiger partial charge is 0.462 e. The molecule has 1 N–H and O–H groups in total. The van der Waals surface area contributed by atoms with Crippen LogP contribution in [0.4, 0.5) is 20.2 Å². The van der Waals surface area contributed by atoms with Gasteiger partial charge >= 0.3 is 5.97 Å². The molecule has 1 unspecified atom stereocenters. The van der Waals surface area contributed by atoms with E-state index in [1.54, 1.807) is 44.2 Å². The molecule has 6 nitrogen and oxygen atoms in total. The van der Waals surface area contributed by atoms with E-state index in [4.69, 9.17) is 4.74 Å². The number of benzene rings is 3. The SMILES string of the molecule is CCOC(=O)c1ccc2c(c1)N(C(CC)C(=O)Nc1ccc(F)cc1F)C(=O)c1ccccc1S2. The molecule has 0 spiro atoms. The minimum Gasteiger partial charge on any atom is -0.462 e.